The monoisotopic (exact) mass is 537 g/mol. The van der Waals surface area contributed by atoms with Gasteiger partial charge in [0.15, 0.2) is 5.75 Å². The van der Waals surface area contributed by atoms with Crippen LogP contribution in [0.2, 0.25) is 0 Å². The Labute approximate surface area is 191 Å². The molecular weight excluding hydrogens is 512 g/mol. The molecule has 2 aliphatic rings. The lowest BCUT2D eigenvalue weighted by Gasteiger charge is -2.35. The van der Waals surface area contributed by atoms with Crippen molar-refractivity contribution in [2.45, 2.75) is 13.3 Å². The zero-order chi connectivity index (χ0) is 21.8. The van der Waals surface area contributed by atoms with E-state index in [0.717, 1.165) is 12.0 Å². The van der Waals surface area contributed by atoms with Gasteiger partial charge in [0.05, 0.1) is 19.5 Å². The summed E-state index contributed by atoms with van der Waals surface area (Å²) in [4.78, 5) is 25.7. The summed E-state index contributed by atoms with van der Waals surface area (Å²) in [6.07, 6.45) is 6.36. The highest BCUT2D eigenvalue weighted by Gasteiger charge is 2.26. The summed E-state index contributed by atoms with van der Waals surface area (Å²) >= 11 is -0.487. The molecule has 0 atom stereocenters. The molecule has 1 aromatic carbocycles. The van der Waals surface area contributed by atoms with Crippen molar-refractivity contribution in [1.82, 2.24) is 18.0 Å². The number of methoxy groups -OCH3 is 1. The first-order valence-electron chi connectivity index (χ1n) is 10.2. The van der Waals surface area contributed by atoms with Crippen LogP contribution >= 0.6 is 21.0 Å². The zero-order valence-electron chi connectivity index (χ0n) is 17.6. The first-order chi connectivity index (χ1) is 15.1. The number of anilines is 1. The molecule has 0 N–H and O–H groups in total. The highest BCUT2D eigenvalue weighted by Crippen LogP contribution is 2.31. The minimum Gasteiger partial charge on any atom is -0.494 e. The van der Waals surface area contributed by atoms with E-state index in [-0.39, 0.29) is 11.7 Å². The number of halogens is 2. The molecule has 164 valence electrons. The van der Waals surface area contributed by atoms with Crippen LogP contribution in [0.5, 0.6) is 5.75 Å². The second kappa shape index (κ2) is 9.71. The quantitative estimate of drug-likeness (QED) is 0.418. The molecule has 1 aromatic heterocycles. The van der Waals surface area contributed by atoms with Crippen LogP contribution in [-0.2, 0) is 4.79 Å². The van der Waals surface area contributed by atoms with Crippen molar-refractivity contribution in [1.29, 1.82) is 0 Å². The summed E-state index contributed by atoms with van der Waals surface area (Å²) in [6.45, 7) is 5.22. The Balaban J connectivity index is 1.36. The Morgan fingerprint density at radius 1 is 1.13 bits per heavy atom. The molecule has 4 rings (SSSR count). The number of piperazine rings is 1. The molecule has 0 bridgehead atoms. The van der Waals surface area contributed by atoms with E-state index in [0.29, 0.717) is 44.4 Å². The van der Waals surface area contributed by atoms with Crippen molar-refractivity contribution >= 4 is 36.4 Å². The number of carbonyl (C=O) groups excluding carboxylic acids is 1. The summed E-state index contributed by atoms with van der Waals surface area (Å²) in [5.41, 5.74) is 2.23. The van der Waals surface area contributed by atoms with Gasteiger partial charge in [0, 0.05) is 56.4 Å². The maximum atomic E-state index is 13.2. The van der Waals surface area contributed by atoms with E-state index in [4.69, 9.17) is 4.74 Å². The fourth-order valence-corrected chi connectivity index (χ4v) is 6.52. The number of aromatic nitrogens is 2. The predicted molar refractivity (Wildman–Crippen MR) is 127 cm³/mol. The van der Waals surface area contributed by atoms with Gasteiger partial charge in [-0.15, -0.1) is 0 Å². The third kappa shape index (κ3) is 5.03. The van der Waals surface area contributed by atoms with E-state index < -0.39 is 21.0 Å². The Morgan fingerprint density at radius 3 is 2.42 bits per heavy atom. The highest BCUT2D eigenvalue weighted by atomic mass is 127. The van der Waals surface area contributed by atoms with E-state index in [9.17, 15) is 9.18 Å². The fourth-order valence-electron chi connectivity index (χ4n) is 3.50. The fraction of sp³-hybridized carbons (Fsp3) is 0.364. The Kier molecular flexibility index (Phi) is 6.79. The van der Waals surface area contributed by atoms with E-state index >= 15 is 0 Å². The third-order valence-corrected chi connectivity index (χ3v) is 8.32. The molecule has 1 saturated heterocycles. The molecule has 0 aliphatic carbocycles. The van der Waals surface area contributed by atoms with Crippen LogP contribution in [0.1, 0.15) is 18.9 Å². The maximum Gasteiger partial charge on any atom is 0.243 e. The van der Waals surface area contributed by atoms with E-state index in [2.05, 4.69) is 31.0 Å². The minimum atomic E-state index is -0.487. The summed E-state index contributed by atoms with van der Waals surface area (Å²) in [6, 6.07) is 6.62. The molecule has 0 spiro atoms. The summed E-state index contributed by atoms with van der Waals surface area (Å²) < 4.78 is 21.8. The molecule has 2 aromatic rings. The van der Waals surface area contributed by atoms with Crippen LogP contribution in [0.3, 0.4) is 0 Å². The van der Waals surface area contributed by atoms with Gasteiger partial charge in [-0.2, -0.15) is 0 Å². The molecule has 9 heteroatoms. The largest absolute Gasteiger partial charge is 0.494 e. The number of ether oxygens (including phenoxy) is 1. The molecule has 1 fully saturated rings. The van der Waals surface area contributed by atoms with Gasteiger partial charge >= 0.3 is 0 Å². The van der Waals surface area contributed by atoms with E-state index in [1.165, 1.54) is 21.3 Å². The van der Waals surface area contributed by atoms with Gasteiger partial charge in [0.2, 0.25) is 11.9 Å². The average molecular weight is 537 g/mol. The molecule has 3 heterocycles. The van der Waals surface area contributed by atoms with Crippen molar-refractivity contribution in [3.63, 3.8) is 0 Å². The minimum absolute atomic E-state index is 0.148. The number of allylic oxidation sites excluding steroid dienone is 2. The summed E-state index contributed by atoms with van der Waals surface area (Å²) in [5.74, 6) is 1.21. The Morgan fingerprint density at radius 2 is 1.81 bits per heavy atom. The molecule has 1 amide bonds. The van der Waals surface area contributed by atoms with Crippen LogP contribution in [0.4, 0.5) is 10.3 Å². The molecule has 2 aliphatic heterocycles. The summed E-state index contributed by atoms with van der Waals surface area (Å²) in [5, 5.41) is 0. The van der Waals surface area contributed by atoms with Gasteiger partial charge < -0.3 is 17.6 Å². The molecule has 31 heavy (non-hydrogen) atoms. The number of nitrogens with zero attached hydrogens (tertiary/aromatic N) is 5. The van der Waals surface area contributed by atoms with Crippen LogP contribution in [-0.4, -0.2) is 67.2 Å². The Bertz CT molecular complexity index is 986. The SMILES string of the molecule is CCC1=CC(c2ccc(F)cc2)=IN1CC(=O)N1CCN(c2ncc(OC)cn2)CC1. The van der Waals surface area contributed by atoms with Gasteiger partial charge in [-0.25, -0.2) is 14.4 Å². The molecule has 0 unspecified atom stereocenters. The summed E-state index contributed by atoms with van der Waals surface area (Å²) in [7, 11) is 1.59. The highest BCUT2D eigenvalue weighted by molar-refractivity contribution is 14.2. The van der Waals surface area contributed by atoms with Crippen LogP contribution in [0.15, 0.2) is 48.4 Å². The molecular formula is C22H25FIN5O2. The smallest absolute Gasteiger partial charge is 0.243 e. The lowest BCUT2D eigenvalue weighted by atomic mass is 10.1. The first-order valence-corrected chi connectivity index (χ1v) is 12.3. The number of amides is 1. The lowest BCUT2D eigenvalue weighted by Crippen LogP contribution is -2.50. The van der Waals surface area contributed by atoms with Crippen molar-refractivity contribution in [3.8, 4) is 5.75 Å². The van der Waals surface area contributed by atoms with Crippen LogP contribution in [0.25, 0.3) is 0 Å². The van der Waals surface area contributed by atoms with Crippen molar-refractivity contribution < 1.29 is 13.9 Å². The molecule has 0 saturated carbocycles. The van der Waals surface area contributed by atoms with Gasteiger partial charge in [-0.3, -0.25) is 4.79 Å². The van der Waals surface area contributed by atoms with Crippen LogP contribution in [0, 0.1) is 5.82 Å². The van der Waals surface area contributed by atoms with Gasteiger partial charge in [-0.1, -0.05) is 19.1 Å². The number of hydrogen-bond acceptors (Lipinski definition) is 6. The number of benzene rings is 1. The van der Waals surface area contributed by atoms with Gasteiger partial charge in [-0.05, 0) is 30.2 Å². The lowest BCUT2D eigenvalue weighted by molar-refractivity contribution is -0.131. The Hall–Kier alpha value is -2.56. The van der Waals surface area contributed by atoms with Crippen LogP contribution < -0.4 is 9.64 Å². The molecule has 7 nitrogen and oxygen atoms in total. The van der Waals surface area contributed by atoms with E-state index in [1.807, 2.05) is 17.0 Å². The molecule has 0 radical (unpaired) electrons. The third-order valence-electron chi connectivity index (χ3n) is 5.32. The van der Waals surface area contributed by atoms with Crippen molar-refractivity contribution in [2.75, 3.05) is 44.7 Å². The standard InChI is InChI=1S/C22H25FIN5O2/c1-3-18-12-20(16-4-6-17(23)7-5-16)24-29(18)15-21(30)27-8-10-28(11-9-27)22-25-13-19(31-2)14-26-22/h4-7,12-14H,3,8-11,15H2,1-2H3. The van der Waals surface area contributed by atoms with Gasteiger partial charge in [0.25, 0.3) is 0 Å². The number of hydrogen-bond donors (Lipinski definition) is 0. The van der Waals surface area contributed by atoms with Crippen molar-refractivity contribution in [2.24, 2.45) is 0 Å². The number of rotatable bonds is 6. The normalized spacial score (nSPS) is 16.5. The average Bonchev–Trinajstić information content (AvgIpc) is 3.22. The first kappa shape index (κ1) is 21.7. The topological polar surface area (TPSA) is 61.8 Å². The van der Waals surface area contributed by atoms with Gasteiger partial charge in [0.1, 0.15) is 12.4 Å². The van der Waals surface area contributed by atoms with Crippen molar-refractivity contribution in [3.05, 3.63) is 59.8 Å². The maximum absolute atomic E-state index is 13.2. The van der Waals surface area contributed by atoms with E-state index in [1.54, 1.807) is 19.5 Å². The second-order valence-electron chi connectivity index (χ2n) is 7.24. The second-order valence-corrected chi connectivity index (χ2v) is 10.0. The number of carbonyl (C=O) groups is 1. The zero-order valence-corrected chi connectivity index (χ0v) is 19.8. The predicted octanol–water partition coefficient (Wildman–Crippen LogP) is 2.99.